The van der Waals surface area contributed by atoms with E-state index in [2.05, 4.69) is 19.1 Å². The van der Waals surface area contributed by atoms with Crippen LogP contribution in [0.2, 0.25) is 0 Å². The Morgan fingerprint density at radius 3 is 2.62 bits per heavy atom. The molecule has 3 fully saturated rings. The molecule has 4 heteroatoms. The largest absolute Gasteiger partial charge is 0.479 e. The average molecular weight is 334 g/mol. The lowest BCUT2D eigenvalue weighted by Crippen LogP contribution is -2.62. The van der Waals surface area contributed by atoms with E-state index in [9.17, 15) is 20.1 Å². The molecule has 0 saturated heterocycles. The molecule has 0 aromatic heterocycles. The summed E-state index contributed by atoms with van der Waals surface area (Å²) in [5, 5.41) is 31.7. The van der Waals surface area contributed by atoms with Crippen LogP contribution in [0.25, 0.3) is 0 Å². The van der Waals surface area contributed by atoms with Gasteiger partial charge in [-0.1, -0.05) is 26.0 Å². The molecule has 0 bridgehead atoms. The van der Waals surface area contributed by atoms with Gasteiger partial charge in [-0.3, -0.25) is 0 Å². The first-order chi connectivity index (χ1) is 11.2. The van der Waals surface area contributed by atoms with Gasteiger partial charge >= 0.3 is 5.97 Å². The molecule has 3 N–H and O–H groups in total. The second-order valence-corrected chi connectivity index (χ2v) is 9.35. The minimum Gasteiger partial charge on any atom is -0.479 e. The predicted molar refractivity (Wildman–Crippen MR) is 90.2 cm³/mol. The number of allylic oxidation sites excluding steroid dienone is 2. The summed E-state index contributed by atoms with van der Waals surface area (Å²) >= 11 is 0. The third-order valence-corrected chi connectivity index (χ3v) is 8.60. The highest BCUT2D eigenvalue weighted by atomic mass is 16.4. The Labute approximate surface area is 144 Å². The summed E-state index contributed by atoms with van der Waals surface area (Å²) in [4.78, 5) is 11.8. The van der Waals surface area contributed by atoms with E-state index in [0.29, 0.717) is 24.7 Å². The number of carbonyl (C=O) groups is 1. The predicted octanol–water partition coefficient (Wildman–Crippen LogP) is 2.98. The van der Waals surface area contributed by atoms with Gasteiger partial charge in [-0.25, -0.2) is 4.79 Å². The number of carboxylic acids is 1. The second kappa shape index (κ2) is 5.07. The molecule has 134 valence electrons. The van der Waals surface area contributed by atoms with Crippen LogP contribution in [-0.4, -0.2) is 33.0 Å². The number of hydrogen-bond acceptors (Lipinski definition) is 3. The molecule has 8 atom stereocenters. The topological polar surface area (TPSA) is 77.8 Å². The van der Waals surface area contributed by atoms with Gasteiger partial charge in [-0.2, -0.15) is 0 Å². The van der Waals surface area contributed by atoms with Crippen molar-refractivity contribution in [2.45, 2.75) is 70.5 Å². The van der Waals surface area contributed by atoms with Crippen LogP contribution in [0.3, 0.4) is 0 Å². The highest BCUT2D eigenvalue weighted by molar-refractivity contribution is 5.79. The van der Waals surface area contributed by atoms with Gasteiger partial charge in [-0.05, 0) is 74.0 Å². The molecular formula is C20H30O4. The first-order valence-electron chi connectivity index (χ1n) is 9.54. The van der Waals surface area contributed by atoms with E-state index < -0.39 is 23.1 Å². The molecule has 0 radical (unpaired) electrons. The van der Waals surface area contributed by atoms with Crippen LogP contribution in [0, 0.1) is 34.5 Å². The van der Waals surface area contributed by atoms with E-state index in [1.807, 2.05) is 6.92 Å². The van der Waals surface area contributed by atoms with Gasteiger partial charge in [0.1, 0.15) is 0 Å². The van der Waals surface area contributed by atoms with E-state index in [0.717, 1.165) is 32.1 Å². The first kappa shape index (κ1) is 16.6. The van der Waals surface area contributed by atoms with Crippen LogP contribution in [0.15, 0.2) is 12.2 Å². The minimum atomic E-state index is -1.69. The van der Waals surface area contributed by atoms with Crippen LogP contribution < -0.4 is 0 Å². The zero-order chi connectivity index (χ0) is 17.3. The molecule has 0 heterocycles. The van der Waals surface area contributed by atoms with Crippen molar-refractivity contribution in [2.75, 3.05) is 0 Å². The third-order valence-electron chi connectivity index (χ3n) is 8.60. The molecule has 24 heavy (non-hydrogen) atoms. The fourth-order valence-electron chi connectivity index (χ4n) is 7.31. The van der Waals surface area contributed by atoms with Gasteiger partial charge in [-0.15, -0.1) is 0 Å². The lowest BCUT2D eigenvalue weighted by Gasteiger charge is -2.61. The van der Waals surface area contributed by atoms with Gasteiger partial charge in [0.05, 0.1) is 6.10 Å². The Kier molecular flexibility index (Phi) is 3.51. The zero-order valence-corrected chi connectivity index (χ0v) is 14.7. The monoisotopic (exact) mass is 334 g/mol. The standard InChI is InChI=1S/C20H30O4/c1-18-9-4-3-5-12(18)6-7-13-14-8-10-20(24,17(22)23)19(14,2)11-15(21)16(13)18/h3,5,12-16,21,24H,4,6-11H2,1-2H3,(H,22,23)/t12?,13-,14-,15?,16-,18-,19-,20?/m0/s1. The normalized spacial score (nSPS) is 56.2. The zero-order valence-electron chi connectivity index (χ0n) is 14.7. The van der Waals surface area contributed by atoms with E-state index in [4.69, 9.17) is 0 Å². The van der Waals surface area contributed by atoms with Crippen molar-refractivity contribution in [3.63, 3.8) is 0 Å². The van der Waals surface area contributed by atoms with Gasteiger partial charge in [0.2, 0.25) is 0 Å². The quantitative estimate of drug-likeness (QED) is 0.644. The van der Waals surface area contributed by atoms with Crippen LogP contribution >= 0.6 is 0 Å². The fourth-order valence-corrected chi connectivity index (χ4v) is 7.31. The molecule has 0 spiro atoms. The number of aliphatic carboxylic acids is 1. The molecule has 0 aromatic carbocycles. The first-order valence-corrected chi connectivity index (χ1v) is 9.54. The van der Waals surface area contributed by atoms with Crippen molar-refractivity contribution in [3.05, 3.63) is 12.2 Å². The van der Waals surface area contributed by atoms with Gasteiger partial charge in [0, 0.05) is 5.41 Å². The summed E-state index contributed by atoms with van der Waals surface area (Å²) in [7, 11) is 0. The highest BCUT2D eigenvalue weighted by Gasteiger charge is 2.68. The summed E-state index contributed by atoms with van der Waals surface area (Å²) in [6.45, 7) is 4.25. The Balaban J connectivity index is 1.74. The number of aliphatic hydroxyl groups is 2. The molecule has 0 amide bonds. The Bertz CT molecular complexity index is 586. The summed E-state index contributed by atoms with van der Waals surface area (Å²) in [5.74, 6) is 0.191. The summed E-state index contributed by atoms with van der Waals surface area (Å²) in [5.41, 5.74) is -2.29. The number of rotatable bonds is 1. The molecule has 4 aliphatic carbocycles. The number of hydrogen-bond donors (Lipinski definition) is 3. The van der Waals surface area contributed by atoms with E-state index in [1.165, 1.54) is 0 Å². The molecule has 4 rings (SSSR count). The van der Waals surface area contributed by atoms with Crippen LogP contribution in [-0.2, 0) is 4.79 Å². The van der Waals surface area contributed by atoms with Crippen LogP contribution in [0.1, 0.15) is 58.8 Å². The van der Waals surface area contributed by atoms with Gasteiger partial charge in [0.25, 0.3) is 0 Å². The van der Waals surface area contributed by atoms with Gasteiger partial charge < -0.3 is 15.3 Å². The summed E-state index contributed by atoms with van der Waals surface area (Å²) < 4.78 is 0. The number of fused-ring (bicyclic) bond motifs is 5. The van der Waals surface area contributed by atoms with Crippen LogP contribution in [0.5, 0.6) is 0 Å². The number of aliphatic hydroxyl groups excluding tert-OH is 1. The Morgan fingerprint density at radius 1 is 1.17 bits per heavy atom. The molecule has 4 aliphatic rings. The molecule has 4 nitrogen and oxygen atoms in total. The second-order valence-electron chi connectivity index (χ2n) is 9.35. The average Bonchev–Trinajstić information content (AvgIpc) is 2.79. The maximum atomic E-state index is 11.8. The van der Waals surface area contributed by atoms with Crippen molar-refractivity contribution in [1.29, 1.82) is 0 Å². The maximum absolute atomic E-state index is 11.8. The van der Waals surface area contributed by atoms with E-state index >= 15 is 0 Å². The molecule has 3 saturated carbocycles. The molecule has 0 aromatic rings. The summed E-state index contributed by atoms with van der Waals surface area (Å²) in [6, 6.07) is 0. The third kappa shape index (κ3) is 1.84. The maximum Gasteiger partial charge on any atom is 0.336 e. The minimum absolute atomic E-state index is 0.113. The Morgan fingerprint density at radius 2 is 1.92 bits per heavy atom. The molecular weight excluding hydrogens is 304 g/mol. The SMILES string of the molecule is C[C@]12CCC=CC1CC[C@@H]1[C@H]2C(O)C[C@@]2(C)[C@H]1CCC2(O)C(=O)O. The van der Waals surface area contributed by atoms with E-state index in [1.54, 1.807) is 0 Å². The number of carboxylic acid groups (broad SMARTS) is 1. The molecule has 3 unspecified atom stereocenters. The lowest BCUT2D eigenvalue weighted by molar-refractivity contribution is -0.202. The summed E-state index contributed by atoms with van der Waals surface area (Å²) in [6.07, 6.45) is 9.97. The van der Waals surface area contributed by atoms with Crippen LogP contribution in [0.4, 0.5) is 0 Å². The smallest absolute Gasteiger partial charge is 0.336 e. The van der Waals surface area contributed by atoms with Crippen molar-refractivity contribution < 1.29 is 20.1 Å². The van der Waals surface area contributed by atoms with E-state index in [-0.39, 0.29) is 17.3 Å². The highest BCUT2D eigenvalue weighted by Crippen LogP contribution is 2.67. The van der Waals surface area contributed by atoms with Crippen molar-refractivity contribution in [1.82, 2.24) is 0 Å². The van der Waals surface area contributed by atoms with Crippen molar-refractivity contribution in [3.8, 4) is 0 Å². The lowest BCUT2D eigenvalue weighted by atomic mass is 9.44. The fraction of sp³-hybridized carbons (Fsp3) is 0.850. The van der Waals surface area contributed by atoms with Gasteiger partial charge in [0.15, 0.2) is 5.60 Å². The molecule has 0 aliphatic heterocycles. The van der Waals surface area contributed by atoms with Crippen molar-refractivity contribution >= 4 is 5.97 Å². The van der Waals surface area contributed by atoms with Crippen molar-refractivity contribution in [2.24, 2.45) is 34.5 Å². The Hall–Kier alpha value is -0.870.